The summed E-state index contributed by atoms with van der Waals surface area (Å²) in [6, 6.07) is 0. The van der Waals surface area contributed by atoms with Crippen LogP contribution in [0.1, 0.15) is 54.9 Å². The van der Waals surface area contributed by atoms with Gasteiger partial charge in [0, 0.05) is 13.2 Å². The molecule has 5 atom stereocenters. The van der Waals surface area contributed by atoms with Gasteiger partial charge in [-0.3, -0.25) is 85.3 Å². The molecule has 0 aromatic carbocycles. The first-order valence-corrected chi connectivity index (χ1v) is 50.5. The van der Waals surface area contributed by atoms with Crippen molar-refractivity contribution < 1.29 is 160 Å². The van der Waals surface area contributed by atoms with E-state index >= 15 is 0 Å². The van der Waals surface area contributed by atoms with Gasteiger partial charge in [0.1, 0.15) is 62.0 Å². The van der Waals surface area contributed by atoms with Gasteiger partial charge in [-0.1, -0.05) is 12.2 Å². The number of aromatic amines is 6. The first kappa shape index (κ1) is 115. The predicted octanol–water partition coefficient (Wildman–Crippen LogP) is 0.402. The lowest BCUT2D eigenvalue weighted by atomic mass is 10.3. The third-order valence-corrected chi connectivity index (χ3v) is 20.8. The maximum Gasteiger partial charge on any atom is 0.510 e. The maximum atomic E-state index is 13.1. The number of aryl methyl sites for hydroxylation is 1. The van der Waals surface area contributed by atoms with Gasteiger partial charge in [0.15, 0.2) is 72.5 Å². The van der Waals surface area contributed by atoms with Crippen LogP contribution >= 0.6 is 57.8 Å². The molecule has 76 heteroatoms. The topological polar surface area (TPSA) is 970 Å². The number of alkyl halides is 4. The number of hydrogen-bond donors (Lipinski definition) is 22. The third-order valence-electron chi connectivity index (χ3n) is 16.6. The lowest BCUT2D eigenvalue weighted by molar-refractivity contribution is -0.219. The minimum Gasteiger partial charge on any atom is -0.432 e. The van der Waals surface area contributed by atoms with Gasteiger partial charge in [-0.05, 0) is 54.9 Å². The summed E-state index contributed by atoms with van der Waals surface area (Å²) < 4.78 is 186. The number of nitrogen functional groups attached to an aromatic ring is 6. The molecule has 12 rings (SSSR count). The zero-order valence-electron chi connectivity index (χ0n) is 73.8. The van der Waals surface area contributed by atoms with E-state index in [1.165, 1.54) is 45.3 Å². The van der Waals surface area contributed by atoms with Crippen LogP contribution in [0.4, 0.5) is 62.8 Å². The number of H-pyrrole nitrogens is 6. The molecule has 0 bridgehead atoms. The highest BCUT2D eigenvalue weighted by atomic mass is 32.1. The highest BCUT2D eigenvalue weighted by molar-refractivity contribution is 7.71. The molecule has 0 saturated carbocycles. The summed E-state index contributed by atoms with van der Waals surface area (Å²) in [5.74, 6) is -0.379. The lowest BCUT2D eigenvalue weighted by Gasteiger charge is -2.21. The summed E-state index contributed by atoms with van der Waals surface area (Å²) in [5, 5.41) is 0. The molecule has 65 nitrogen and oxygen atoms in total. The van der Waals surface area contributed by atoms with Crippen LogP contribution in [0.5, 0.6) is 0 Å². The number of anilines is 6. The Morgan fingerprint density at radius 3 is 1.06 bits per heavy atom. The van der Waals surface area contributed by atoms with Crippen LogP contribution < -0.4 is 62.2 Å². The number of nitrogens with two attached hydrogens (primary N) is 6. The van der Waals surface area contributed by atoms with Crippen molar-refractivity contribution in [1.82, 2.24) is 117 Å². The van der Waals surface area contributed by atoms with Crippen molar-refractivity contribution in [3.05, 3.63) is 94.4 Å². The summed E-state index contributed by atoms with van der Waals surface area (Å²) in [4.78, 5) is 229. The first-order valence-electron chi connectivity index (χ1n) is 39.3. The zero-order valence-corrected chi connectivity index (χ0v) is 80.0. The van der Waals surface area contributed by atoms with Gasteiger partial charge in [-0.15, -0.1) is 0 Å². The fourth-order valence-corrected chi connectivity index (χ4v) is 14.3. The average molecular weight is 2140 g/mol. The van der Waals surface area contributed by atoms with E-state index in [0.717, 1.165) is 10.9 Å². The number of rotatable bonds is 40. The lowest BCUT2D eigenvalue weighted by Crippen LogP contribution is -2.36. The molecule has 0 fully saturated rings. The van der Waals surface area contributed by atoms with E-state index < -0.39 is 199 Å². The van der Waals surface area contributed by atoms with E-state index in [1.54, 1.807) is 57.6 Å². The van der Waals surface area contributed by atoms with E-state index in [0.29, 0.717) is 41.0 Å². The maximum absolute atomic E-state index is 13.1. The number of carbonyl (C=O) groups excluding carboxylic acids is 2. The molecule has 776 valence electrons. The molecule has 0 saturated heterocycles. The van der Waals surface area contributed by atoms with Crippen LogP contribution in [0.3, 0.4) is 0 Å². The molecule has 12 heterocycles. The van der Waals surface area contributed by atoms with Crippen LogP contribution in [-0.2, 0) is 123 Å². The Kier molecular flexibility index (Phi) is 41.6. The number of nitrogens with zero attached hydrogens (tertiary/aromatic N) is 18. The second kappa shape index (κ2) is 50.6. The fraction of sp³-hybridized carbons (Fsp3) is 0.500. The number of nitrogens with one attached hydrogen (secondary N) is 6. The SMILES string of the molecule is CC(C)OC(=O)OCOP(=O)(COC(C)Cn1cnc2c(=O)[nH]c(N)nc21)OCOC(=O)OC(C)C.CC(Cn1cnc2c(=O)[nH]c(N)nc21)OCP(=O)(O)O.CC(Cn1cnc2c(=S)nc(N)[nH]c21)OCP(=O)(O)O.Nc1nc2c(ncn2CC(CF)OCP(=O)(O)O)c(=O)[nH]1.Nc1nc2c(ncn2CC(OCP(=O)(O)O)C(F)(F)F)c(=O)[nH]1.Nc1nc2c(ncn2CCCOCP(=O)(O)O)c(=O)[nH]1. The molecule has 12 aromatic rings. The number of carbonyl (C=O) groups is 2. The van der Waals surface area contributed by atoms with E-state index in [1.807, 2.05) is 0 Å². The summed E-state index contributed by atoms with van der Waals surface area (Å²) in [5.41, 5.74) is 32.3. The summed E-state index contributed by atoms with van der Waals surface area (Å²) >= 11 is 5.05. The normalized spacial score (nSPS) is 13.3. The van der Waals surface area contributed by atoms with Crippen LogP contribution in [-0.4, -0.2) is 292 Å². The minimum atomic E-state index is -4.90. The van der Waals surface area contributed by atoms with Gasteiger partial charge in [0.05, 0.1) is 101 Å². The van der Waals surface area contributed by atoms with Gasteiger partial charge < -0.3 is 163 Å². The van der Waals surface area contributed by atoms with Crippen molar-refractivity contribution in [1.29, 1.82) is 0 Å². The monoisotopic (exact) mass is 2140 g/mol. The number of fused-ring (bicyclic) bond motifs is 6. The number of imidazole rings is 6. The van der Waals surface area contributed by atoms with E-state index in [9.17, 15) is 78.5 Å². The molecule has 28 N–H and O–H groups in total. The third kappa shape index (κ3) is 38.3. The zero-order chi connectivity index (χ0) is 104. The molecule has 0 radical (unpaired) electrons. The number of aromatic nitrogens is 24. The Morgan fingerprint density at radius 2 is 0.707 bits per heavy atom. The summed E-state index contributed by atoms with van der Waals surface area (Å²) in [6.07, 6.45) is -9.46. The smallest absolute Gasteiger partial charge is 0.432 e. The predicted molar refractivity (Wildman–Crippen MR) is 478 cm³/mol. The number of ether oxygens (including phenoxy) is 10. The minimum absolute atomic E-state index is 0.00185. The van der Waals surface area contributed by atoms with E-state index in [4.69, 9.17) is 147 Å². The highest BCUT2D eigenvalue weighted by Crippen LogP contribution is 2.49. The van der Waals surface area contributed by atoms with Crippen molar-refractivity contribution in [3.8, 4) is 0 Å². The molecule has 0 aliphatic carbocycles. The second-order valence-electron chi connectivity index (χ2n) is 29.3. The molecule has 0 aliphatic heterocycles. The molecule has 12 aromatic heterocycles. The Bertz CT molecular complexity index is 6760. The molecule has 140 heavy (non-hydrogen) atoms. The van der Waals surface area contributed by atoms with Crippen LogP contribution in [0.15, 0.2) is 61.9 Å². The quantitative estimate of drug-likeness (QED) is 0.00617. The van der Waals surface area contributed by atoms with Crippen LogP contribution in [0, 0.1) is 4.64 Å². The van der Waals surface area contributed by atoms with Gasteiger partial charge in [-0.2, -0.15) is 38.1 Å². The molecule has 5 unspecified atom stereocenters. The molecule has 0 amide bonds. The molecule has 0 aliphatic rings. The molecular formula is C64H96F4N30O35P6S. The first-order chi connectivity index (χ1) is 65.0. The largest absolute Gasteiger partial charge is 0.510 e. The Balaban J connectivity index is 0.000000232. The Morgan fingerprint density at radius 1 is 0.407 bits per heavy atom. The molecular weight excluding hydrogens is 2040 g/mol. The second-order valence-corrected chi connectivity index (χ2v) is 39.6. The van der Waals surface area contributed by atoms with Gasteiger partial charge in [0.25, 0.3) is 27.8 Å². The van der Waals surface area contributed by atoms with Crippen molar-refractivity contribution in [2.45, 2.75) is 143 Å². The van der Waals surface area contributed by atoms with Crippen molar-refractivity contribution in [2.75, 3.05) is 99.4 Å². The summed E-state index contributed by atoms with van der Waals surface area (Å²) in [7, 11) is -25.8. The van der Waals surface area contributed by atoms with Gasteiger partial charge in [-0.25, -0.2) is 48.9 Å². The Labute approximate surface area is 783 Å². The van der Waals surface area contributed by atoms with Crippen LogP contribution in [0.2, 0.25) is 0 Å². The van der Waals surface area contributed by atoms with E-state index in [2.05, 4.69) is 94.4 Å². The number of halogens is 4. The fourth-order valence-electron chi connectivity index (χ4n) is 10.9. The Hall–Kier alpha value is -11.8. The van der Waals surface area contributed by atoms with Crippen molar-refractivity contribution >= 4 is 173 Å². The summed E-state index contributed by atoms with van der Waals surface area (Å²) in [6.45, 7) is 9.17. The standard InChI is InChI=1S/C19H30N5O11P.C9H11F3N5O5P.C9H13FN5O5P.2C9H14N5O5P.C9H14N5O4PS/c1-11(2)34-18(26)29-8-32-36(28,33-9-30-19(27)35-12(3)4)10-31-13(5)6-24-7-21-14-15(24)22-17(20)23-16(14)25;10-9(11,12)4(22-3-23(19,20)21)1-17-2-14-5-6(17)15-8(13)16-7(5)18;10-1-5(20-4-21(17,18)19)2-15-3-12-6-7(15)13-9(11)14-8(6)16;1-5(19-4-20(16,17)18)2-14-3-11-6-7(14)12-9(10)13-8(6)15;10-9-12-7-6(8(15)13-9)11-4-14(7)2-1-3-19-5-20(16,17)18;1-5(18-4-19(15,16)17)2-14-3-11-6-7(14)12-9(10)13-8(6)20/h7,11-13H,6,8-10H2,1-5H3,(H3,20,22,23,25);2,4H,1,3H2,(H2,19,20,21)(H3,13,15,16,18);3,5H,1-2,4H2,(H2,17,18,19)(H3,11,13,14,16);3,5H,2,4H2,1H3,(H2,16,17,18)(H3,10,12,13,15);4H,1-3,5H2,(H2,16,17,18)(H3,10,12,13,15);3,5H,2,4H2,1H3,(H2,15,16,17)(H3,10,12,13,20). The van der Waals surface area contributed by atoms with Crippen molar-refractivity contribution in [2.24, 2.45) is 0 Å². The van der Waals surface area contributed by atoms with Crippen LogP contribution in [0.25, 0.3) is 67.0 Å². The van der Waals surface area contributed by atoms with Crippen molar-refractivity contribution in [3.63, 3.8) is 0 Å². The van der Waals surface area contributed by atoms with Gasteiger partial charge >= 0.3 is 64.1 Å². The molecule has 0 spiro atoms. The highest BCUT2D eigenvalue weighted by Gasteiger charge is 2.43. The van der Waals surface area contributed by atoms with Gasteiger partial charge in [0.2, 0.25) is 43.3 Å². The average Bonchev–Trinajstić information content (AvgIpc) is 2.46. The van der Waals surface area contributed by atoms with E-state index in [-0.39, 0.29) is 112 Å². The number of hydrogen-bond acceptors (Lipinski definition) is 44.